The van der Waals surface area contributed by atoms with E-state index in [2.05, 4.69) is 24.1 Å². The van der Waals surface area contributed by atoms with Crippen molar-refractivity contribution in [2.24, 2.45) is 80.3 Å². The van der Waals surface area contributed by atoms with Crippen LogP contribution in [0.4, 0.5) is 0 Å². The van der Waals surface area contributed by atoms with Crippen molar-refractivity contribution in [3.8, 4) is 11.8 Å². The van der Waals surface area contributed by atoms with Crippen molar-refractivity contribution < 1.29 is 45.0 Å². The van der Waals surface area contributed by atoms with Gasteiger partial charge in [0.25, 0.3) is 0 Å². The summed E-state index contributed by atoms with van der Waals surface area (Å²) in [5, 5.41) is 85.7. The highest BCUT2D eigenvalue weighted by Crippen LogP contribution is 2.82. The summed E-state index contributed by atoms with van der Waals surface area (Å²) in [4.78, 5) is 29.1. The first-order chi connectivity index (χ1) is 34.1. The lowest BCUT2D eigenvalue weighted by atomic mass is 9.31. The van der Waals surface area contributed by atoms with Gasteiger partial charge in [-0.3, -0.25) is 0 Å². The molecule has 14 rings (SSSR count). The number of ether oxygens (including phenoxy) is 1. The first kappa shape index (κ1) is 48.1. The van der Waals surface area contributed by atoms with Crippen LogP contribution in [0.25, 0.3) is 0 Å². The van der Waals surface area contributed by atoms with Gasteiger partial charge in [-0.1, -0.05) is 75.8 Å². The van der Waals surface area contributed by atoms with Crippen LogP contribution in [0.2, 0.25) is 0 Å². The maximum atomic E-state index is 15.3. The highest BCUT2D eigenvalue weighted by atomic mass is 16.5. The maximum absolute atomic E-state index is 15.3. The van der Waals surface area contributed by atoms with Gasteiger partial charge in [0.1, 0.15) is 23.6 Å². The number of likely N-dealkylation sites (N-methyl/N-ethyl adjacent to an activating group) is 1. The normalized spacial score (nSPS) is 50.6. The Morgan fingerprint density at radius 2 is 1.63 bits per heavy atom. The van der Waals surface area contributed by atoms with E-state index < -0.39 is 75.1 Å². The first-order valence-electron chi connectivity index (χ1n) is 28.9. The van der Waals surface area contributed by atoms with Crippen LogP contribution in [0.3, 0.4) is 0 Å². The van der Waals surface area contributed by atoms with Crippen LogP contribution in [-0.2, 0) is 27.4 Å². The average molecular weight is 974 g/mol. The molecular weight excluding hydrogens is 891 g/mol. The Morgan fingerprint density at radius 3 is 2.39 bits per heavy atom. The van der Waals surface area contributed by atoms with E-state index in [4.69, 9.17) is 4.74 Å². The van der Waals surface area contributed by atoms with Crippen LogP contribution in [0, 0.1) is 92.2 Å². The minimum Gasteiger partial charge on any atom is -0.454 e. The first-order valence-corrected chi connectivity index (χ1v) is 28.9. The van der Waals surface area contributed by atoms with E-state index in [1.54, 1.807) is 6.08 Å². The summed E-state index contributed by atoms with van der Waals surface area (Å²) in [6.07, 6.45) is 20.1. The van der Waals surface area contributed by atoms with E-state index in [1.807, 2.05) is 25.2 Å². The lowest BCUT2D eigenvalue weighted by Gasteiger charge is -2.75. The second kappa shape index (κ2) is 16.4. The largest absolute Gasteiger partial charge is 0.454 e. The van der Waals surface area contributed by atoms with Crippen molar-refractivity contribution in [3.63, 3.8) is 0 Å². The zero-order valence-electron chi connectivity index (χ0n) is 42.7. The van der Waals surface area contributed by atoms with Gasteiger partial charge in [-0.05, 0) is 179 Å². The molecule has 4 spiro atoms. The zero-order chi connectivity index (χ0) is 49.1. The van der Waals surface area contributed by atoms with E-state index in [9.17, 15) is 35.4 Å². The fourth-order valence-corrected chi connectivity index (χ4v) is 22.8. The fraction of sp³-hybridized carbons (Fsp3) is 0.803. The molecule has 386 valence electrons. The molecule has 19 atom stereocenters. The summed E-state index contributed by atoms with van der Waals surface area (Å²) in [5.41, 5.74) is -5.63. The minimum atomic E-state index is -2.21. The Labute approximate surface area is 421 Å². The molecule has 0 radical (unpaired) electrons. The number of aliphatic hydroxyl groups excluding tert-OH is 3. The monoisotopic (exact) mass is 974 g/mol. The van der Waals surface area contributed by atoms with Gasteiger partial charge in [-0.2, -0.15) is 0 Å². The quantitative estimate of drug-likeness (QED) is 0.0883. The molecular formula is C61H83NO9. The molecule has 0 aromatic heterocycles. The number of aliphatic hydroxyl groups is 6. The van der Waals surface area contributed by atoms with Crippen molar-refractivity contribution in [1.29, 1.82) is 0 Å². The highest BCUT2D eigenvalue weighted by molar-refractivity contribution is 5.86. The molecule has 71 heavy (non-hydrogen) atoms. The summed E-state index contributed by atoms with van der Waals surface area (Å²) in [6, 6.07) is 5.69. The number of carbonyl (C=O) groups excluding carboxylic acids is 2. The molecule has 10 saturated carbocycles. The van der Waals surface area contributed by atoms with Gasteiger partial charge < -0.3 is 45.5 Å². The fourth-order valence-electron chi connectivity index (χ4n) is 22.8. The second-order valence-corrected chi connectivity index (χ2v) is 27.2. The van der Waals surface area contributed by atoms with Gasteiger partial charge in [-0.25, -0.2) is 4.79 Å². The van der Waals surface area contributed by atoms with Crippen molar-refractivity contribution >= 4 is 12.3 Å². The van der Waals surface area contributed by atoms with Gasteiger partial charge in [0.05, 0.1) is 29.8 Å². The smallest absolute Gasteiger partial charge is 0.331 e. The standard InChI is InChI=1S/C61H83NO9/c1-36(37-11-3-4-12-37)39-16-17-45-52(66)57(23-10-21-55(57)26-25-54(33-55)19-7-8-20-54)34-58(35-64)48-18-24-56-22-6-5-13-38-14-9-15-40(32-63)42(38)29-47(62-2)43-27-41(50(56)44-30-49(65)71-51(43)44)31-59(56,68)61(48,70)53(67)46(28-39)60(45,58)69/h9,14-15,30,35-37,39,41,43,45-48,50-53,62-63,66-70H,3-4,6-8,10-12,16-29,31-34H2,1-2H3. The maximum Gasteiger partial charge on any atom is 0.331 e. The number of aldehydes is 1. The number of hydrogen-bond acceptors (Lipinski definition) is 10. The van der Waals surface area contributed by atoms with Gasteiger partial charge in [0.2, 0.25) is 0 Å². The third kappa shape index (κ3) is 5.98. The third-order valence-electron chi connectivity index (χ3n) is 25.6. The molecule has 1 heterocycles. The number of hydrogen-bond donors (Lipinski definition) is 7. The molecule has 13 aliphatic rings. The van der Waals surface area contributed by atoms with E-state index >= 15 is 4.79 Å². The Bertz CT molecular complexity index is 2430. The average Bonchev–Trinajstić information content (AvgIpc) is 4.24. The van der Waals surface area contributed by atoms with Crippen LogP contribution >= 0.6 is 0 Å². The Kier molecular flexibility index (Phi) is 11.1. The molecule has 10 heteroatoms. The van der Waals surface area contributed by atoms with E-state index in [0.29, 0.717) is 63.2 Å². The van der Waals surface area contributed by atoms with Gasteiger partial charge in [0.15, 0.2) is 0 Å². The number of benzene rings is 1. The minimum absolute atomic E-state index is 0.0989. The number of esters is 1. The predicted octanol–water partition coefficient (Wildman–Crippen LogP) is 7.64. The summed E-state index contributed by atoms with van der Waals surface area (Å²) >= 11 is 0. The Hall–Kier alpha value is -2.62. The topological polar surface area (TPSA) is 177 Å². The van der Waals surface area contributed by atoms with Crippen LogP contribution in [0.5, 0.6) is 0 Å². The molecule has 1 aromatic carbocycles. The van der Waals surface area contributed by atoms with E-state index in [-0.39, 0.29) is 60.0 Å². The Morgan fingerprint density at radius 1 is 0.831 bits per heavy atom. The second-order valence-electron chi connectivity index (χ2n) is 27.2. The third-order valence-corrected chi connectivity index (χ3v) is 25.6. The van der Waals surface area contributed by atoms with Gasteiger partial charge in [0, 0.05) is 58.6 Å². The molecule has 7 N–H and O–H groups in total. The molecule has 4 bridgehead atoms. The Balaban J connectivity index is 0.997. The summed E-state index contributed by atoms with van der Waals surface area (Å²) in [6.45, 7) is 2.23. The van der Waals surface area contributed by atoms with Crippen LogP contribution in [-0.4, -0.2) is 91.1 Å². The molecule has 10 fully saturated rings. The molecule has 19 unspecified atom stereocenters. The zero-order valence-corrected chi connectivity index (χ0v) is 42.7. The number of carbonyl (C=O) groups is 2. The van der Waals surface area contributed by atoms with E-state index in [0.717, 1.165) is 86.3 Å². The predicted molar refractivity (Wildman–Crippen MR) is 267 cm³/mol. The number of fused-ring (bicyclic) bond motifs is 7. The van der Waals surface area contributed by atoms with Gasteiger partial charge in [-0.15, -0.1) is 0 Å². The lowest BCUT2D eigenvalue weighted by Crippen LogP contribution is -2.86. The van der Waals surface area contributed by atoms with E-state index in [1.165, 1.54) is 38.5 Å². The molecule has 0 saturated heterocycles. The van der Waals surface area contributed by atoms with Crippen molar-refractivity contribution in [1.82, 2.24) is 5.32 Å². The molecule has 10 nitrogen and oxygen atoms in total. The van der Waals surface area contributed by atoms with Crippen molar-refractivity contribution in [3.05, 3.63) is 46.5 Å². The summed E-state index contributed by atoms with van der Waals surface area (Å²) < 4.78 is 6.35. The van der Waals surface area contributed by atoms with Gasteiger partial charge >= 0.3 is 5.97 Å². The number of nitrogens with one attached hydrogen (secondary N) is 1. The molecule has 12 aliphatic carbocycles. The molecule has 1 aromatic rings. The van der Waals surface area contributed by atoms with Crippen LogP contribution in [0.1, 0.15) is 178 Å². The summed E-state index contributed by atoms with van der Waals surface area (Å²) in [7, 11) is 1.93. The summed E-state index contributed by atoms with van der Waals surface area (Å²) in [5.74, 6) is 4.17. The van der Waals surface area contributed by atoms with Crippen molar-refractivity contribution in [2.45, 2.75) is 215 Å². The molecule has 0 amide bonds. The highest BCUT2D eigenvalue weighted by Gasteiger charge is 2.87. The van der Waals surface area contributed by atoms with Crippen LogP contribution in [0.15, 0.2) is 29.8 Å². The SMILES string of the molecule is CNC1Cc2c(cccc2CO)C#CCCC23CCC4C5(C=O)CC6(CCCC67CCC6(CCCC6)C7)C(O)C6CCC(C(C)C7CCCC7)CC(C(O)C4(O)C2(O)CC2CC1C1OC(=O)C=C1C23)C65O. The number of rotatable bonds is 5. The lowest BCUT2D eigenvalue weighted by molar-refractivity contribution is -0.387. The van der Waals surface area contributed by atoms with Crippen LogP contribution < -0.4 is 5.32 Å². The molecule has 1 aliphatic heterocycles. The van der Waals surface area contributed by atoms with Crippen molar-refractivity contribution in [2.75, 3.05) is 7.05 Å².